The molecule has 1 aromatic heterocycles. The van der Waals surface area contributed by atoms with Crippen molar-refractivity contribution in [3.8, 4) is 0 Å². The van der Waals surface area contributed by atoms with Crippen LogP contribution in [0.2, 0.25) is 0 Å². The lowest BCUT2D eigenvalue weighted by atomic mass is 9.94. The molecule has 2 rings (SSSR count). The van der Waals surface area contributed by atoms with E-state index in [0.717, 1.165) is 24.2 Å². The number of ether oxygens (including phenoxy) is 1. The third-order valence-electron chi connectivity index (χ3n) is 2.99. The number of carbonyl (C=O) groups excluding carboxylic acids is 1. The summed E-state index contributed by atoms with van der Waals surface area (Å²) in [5, 5.41) is 0. The van der Waals surface area contributed by atoms with Crippen molar-refractivity contribution in [3.63, 3.8) is 0 Å². The van der Waals surface area contributed by atoms with Crippen LogP contribution in [-0.4, -0.2) is 17.6 Å². The fourth-order valence-corrected chi connectivity index (χ4v) is 2.15. The number of aryl methyl sites for hydroxylation is 3. The van der Waals surface area contributed by atoms with E-state index in [4.69, 9.17) is 4.74 Å². The molecule has 0 saturated heterocycles. The molecule has 86 valence electrons. The second-order valence-electron chi connectivity index (χ2n) is 4.15. The van der Waals surface area contributed by atoms with Crippen LogP contribution in [0.5, 0.6) is 0 Å². The average molecular weight is 219 g/mol. The van der Waals surface area contributed by atoms with Gasteiger partial charge < -0.3 is 4.74 Å². The molecule has 0 spiro atoms. The third-order valence-corrected chi connectivity index (χ3v) is 2.99. The molecule has 0 unspecified atom stereocenters. The molecular formula is C13H17NO2. The zero-order valence-electron chi connectivity index (χ0n) is 9.88. The summed E-state index contributed by atoms with van der Waals surface area (Å²) in [6.07, 6.45) is 4.48. The lowest BCUT2D eigenvalue weighted by molar-refractivity contribution is 0.0524. The molecule has 0 radical (unpaired) electrons. The van der Waals surface area contributed by atoms with Gasteiger partial charge >= 0.3 is 5.97 Å². The second kappa shape index (κ2) is 4.64. The van der Waals surface area contributed by atoms with Crippen LogP contribution in [0, 0.1) is 6.92 Å². The second-order valence-corrected chi connectivity index (χ2v) is 4.15. The maximum absolute atomic E-state index is 11.7. The van der Waals surface area contributed by atoms with Crippen LogP contribution >= 0.6 is 0 Å². The van der Waals surface area contributed by atoms with Gasteiger partial charge in [0.25, 0.3) is 0 Å². The molecule has 0 saturated carbocycles. The van der Waals surface area contributed by atoms with E-state index in [1.165, 1.54) is 18.4 Å². The first kappa shape index (κ1) is 11.1. The van der Waals surface area contributed by atoms with Gasteiger partial charge in [-0.05, 0) is 51.2 Å². The fraction of sp³-hybridized carbons (Fsp3) is 0.538. The summed E-state index contributed by atoms with van der Waals surface area (Å²) in [6.45, 7) is 4.11. The van der Waals surface area contributed by atoms with Gasteiger partial charge in [-0.2, -0.15) is 0 Å². The number of aromatic nitrogens is 1. The van der Waals surface area contributed by atoms with Gasteiger partial charge in [0, 0.05) is 5.69 Å². The summed E-state index contributed by atoms with van der Waals surface area (Å²) >= 11 is 0. The highest BCUT2D eigenvalue weighted by molar-refractivity contribution is 5.90. The van der Waals surface area contributed by atoms with E-state index in [2.05, 4.69) is 4.98 Å². The zero-order chi connectivity index (χ0) is 11.5. The fourth-order valence-electron chi connectivity index (χ4n) is 2.15. The molecular weight excluding hydrogens is 202 g/mol. The van der Waals surface area contributed by atoms with Crippen LogP contribution in [0.4, 0.5) is 0 Å². The highest BCUT2D eigenvalue weighted by Gasteiger charge is 2.17. The normalized spacial score (nSPS) is 14.4. The van der Waals surface area contributed by atoms with Crippen molar-refractivity contribution in [3.05, 3.63) is 28.6 Å². The molecule has 1 aliphatic carbocycles. The van der Waals surface area contributed by atoms with E-state index in [-0.39, 0.29) is 5.97 Å². The van der Waals surface area contributed by atoms with Crippen LogP contribution in [-0.2, 0) is 17.6 Å². The Morgan fingerprint density at radius 3 is 2.94 bits per heavy atom. The first-order valence-electron chi connectivity index (χ1n) is 5.89. The molecule has 1 heterocycles. The summed E-state index contributed by atoms with van der Waals surface area (Å²) in [5.41, 5.74) is 3.80. The Kier molecular flexibility index (Phi) is 3.22. The summed E-state index contributed by atoms with van der Waals surface area (Å²) in [5.74, 6) is -0.249. The van der Waals surface area contributed by atoms with Gasteiger partial charge in [0.05, 0.1) is 17.9 Å². The minimum atomic E-state index is -0.249. The standard InChI is InChI=1S/C13H17NO2/c1-3-16-13(15)11-8-10-6-4-5-7-12(10)14-9(11)2/h8H,3-7H2,1-2H3. The molecule has 0 N–H and O–H groups in total. The number of fused-ring (bicyclic) bond motifs is 1. The smallest absolute Gasteiger partial charge is 0.339 e. The van der Waals surface area contributed by atoms with Gasteiger partial charge in [0.15, 0.2) is 0 Å². The van der Waals surface area contributed by atoms with Crippen LogP contribution in [0.3, 0.4) is 0 Å². The van der Waals surface area contributed by atoms with Crippen LogP contribution < -0.4 is 0 Å². The highest BCUT2D eigenvalue weighted by atomic mass is 16.5. The van der Waals surface area contributed by atoms with Gasteiger partial charge in [-0.25, -0.2) is 4.79 Å². The molecule has 0 fully saturated rings. The SMILES string of the molecule is CCOC(=O)c1cc2c(nc1C)CCCC2. The maximum atomic E-state index is 11.7. The summed E-state index contributed by atoms with van der Waals surface area (Å²) < 4.78 is 5.02. The third kappa shape index (κ3) is 2.08. The molecule has 16 heavy (non-hydrogen) atoms. The minimum Gasteiger partial charge on any atom is -0.462 e. The topological polar surface area (TPSA) is 39.2 Å². The van der Waals surface area contributed by atoms with Crippen LogP contribution in [0.25, 0.3) is 0 Å². The van der Waals surface area contributed by atoms with E-state index in [9.17, 15) is 4.79 Å². The van der Waals surface area contributed by atoms with Crippen LogP contribution in [0.1, 0.15) is 47.1 Å². The van der Waals surface area contributed by atoms with Gasteiger partial charge in [-0.3, -0.25) is 4.98 Å². The minimum absolute atomic E-state index is 0.249. The van der Waals surface area contributed by atoms with Gasteiger partial charge in [0.1, 0.15) is 0 Å². The Morgan fingerprint density at radius 1 is 1.44 bits per heavy atom. The predicted octanol–water partition coefficient (Wildman–Crippen LogP) is 2.45. The summed E-state index contributed by atoms with van der Waals surface area (Å²) in [7, 11) is 0. The Hall–Kier alpha value is -1.38. The number of pyridine rings is 1. The molecule has 0 aromatic carbocycles. The molecule has 3 heteroatoms. The quantitative estimate of drug-likeness (QED) is 0.717. The number of hydrogen-bond donors (Lipinski definition) is 0. The Labute approximate surface area is 95.8 Å². The van der Waals surface area contributed by atoms with Crippen molar-refractivity contribution in [2.24, 2.45) is 0 Å². The monoisotopic (exact) mass is 219 g/mol. The Balaban J connectivity index is 2.35. The molecule has 0 atom stereocenters. The van der Waals surface area contributed by atoms with Gasteiger partial charge in [0.2, 0.25) is 0 Å². The van der Waals surface area contributed by atoms with E-state index in [0.29, 0.717) is 12.2 Å². The number of hydrogen-bond acceptors (Lipinski definition) is 3. The molecule has 0 amide bonds. The molecule has 1 aliphatic rings. The van der Waals surface area contributed by atoms with E-state index in [1.54, 1.807) is 0 Å². The first-order valence-corrected chi connectivity index (χ1v) is 5.89. The van der Waals surface area contributed by atoms with Crippen molar-refractivity contribution < 1.29 is 9.53 Å². The first-order chi connectivity index (χ1) is 7.72. The lowest BCUT2D eigenvalue weighted by Gasteiger charge is -2.16. The summed E-state index contributed by atoms with van der Waals surface area (Å²) in [4.78, 5) is 16.2. The Bertz CT molecular complexity index is 413. The largest absolute Gasteiger partial charge is 0.462 e. The molecule has 3 nitrogen and oxygen atoms in total. The average Bonchev–Trinajstić information content (AvgIpc) is 2.28. The van der Waals surface area contributed by atoms with Crippen LogP contribution in [0.15, 0.2) is 6.07 Å². The van der Waals surface area contributed by atoms with E-state index < -0.39 is 0 Å². The molecule has 1 aromatic rings. The maximum Gasteiger partial charge on any atom is 0.339 e. The molecule has 0 aliphatic heterocycles. The number of nitrogens with zero attached hydrogens (tertiary/aromatic N) is 1. The zero-order valence-corrected chi connectivity index (χ0v) is 9.88. The number of rotatable bonds is 2. The Morgan fingerprint density at radius 2 is 2.19 bits per heavy atom. The predicted molar refractivity (Wildman–Crippen MR) is 61.6 cm³/mol. The molecule has 0 bridgehead atoms. The van der Waals surface area contributed by atoms with Crippen molar-refractivity contribution in [1.82, 2.24) is 4.98 Å². The van der Waals surface area contributed by atoms with Crippen molar-refractivity contribution in [2.75, 3.05) is 6.61 Å². The van der Waals surface area contributed by atoms with Crippen molar-refractivity contribution in [1.29, 1.82) is 0 Å². The van der Waals surface area contributed by atoms with E-state index in [1.807, 2.05) is 19.9 Å². The number of carbonyl (C=O) groups is 1. The summed E-state index contributed by atoms with van der Waals surface area (Å²) in [6, 6.07) is 1.97. The van der Waals surface area contributed by atoms with Gasteiger partial charge in [-0.1, -0.05) is 0 Å². The number of esters is 1. The highest BCUT2D eigenvalue weighted by Crippen LogP contribution is 2.22. The van der Waals surface area contributed by atoms with Gasteiger partial charge in [-0.15, -0.1) is 0 Å². The lowest BCUT2D eigenvalue weighted by Crippen LogP contribution is -2.13. The van der Waals surface area contributed by atoms with Crippen molar-refractivity contribution >= 4 is 5.97 Å². The van der Waals surface area contributed by atoms with Crippen molar-refractivity contribution in [2.45, 2.75) is 39.5 Å². The van der Waals surface area contributed by atoms with E-state index >= 15 is 0 Å².